The minimum Gasteiger partial charge on any atom is -0.368 e. The van der Waals surface area contributed by atoms with Gasteiger partial charge in [-0.2, -0.15) is 0 Å². The molecule has 1 aromatic rings. The van der Waals surface area contributed by atoms with E-state index in [-0.39, 0.29) is 0 Å². The van der Waals surface area contributed by atoms with E-state index in [0.29, 0.717) is 0 Å². The summed E-state index contributed by atoms with van der Waals surface area (Å²) in [6.45, 7) is 3.86. The van der Waals surface area contributed by atoms with Gasteiger partial charge < -0.3 is 5.32 Å². The summed E-state index contributed by atoms with van der Waals surface area (Å²) in [5.74, 6) is 1.13. The molecule has 1 aliphatic rings. The number of hydrogen-bond acceptors (Lipinski definition) is 3. The van der Waals surface area contributed by atoms with Crippen LogP contribution in [0.25, 0.3) is 0 Å². The molecule has 1 aliphatic heterocycles. The molecule has 74 valence electrons. The van der Waals surface area contributed by atoms with E-state index in [1.165, 1.54) is 12.0 Å². The molecule has 0 radical (unpaired) electrons. The fourth-order valence-electron chi connectivity index (χ4n) is 1.57. The highest BCUT2D eigenvalue weighted by atomic mass is 15.0. The molecule has 0 saturated heterocycles. The second kappa shape index (κ2) is 4.22. The number of aliphatic imine (C=N–C) groups is 1. The second-order valence-electron chi connectivity index (χ2n) is 3.55. The maximum atomic E-state index is 4.36. The van der Waals surface area contributed by atoms with Crippen LogP contribution in [0.3, 0.4) is 0 Å². The zero-order valence-electron chi connectivity index (χ0n) is 8.45. The molecule has 0 atom stereocenters. The highest BCUT2D eigenvalue weighted by molar-refractivity contribution is 5.83. The lowest BCUT2D eigenvalue weighted by atomic mass is 10.2. The number of hydrogen-bond donors (Lipinski definition) is 1. The quantitative estimate of drug-likeness (QED) is 0.768. The highest BCUT2D eigenvalue weighted by Crippen LogP contribution is 2.05. The fraction of sp³-hybridized carbons (Fsp3) is 0.455. The van der Waals surface area contributed by atoms with Crippen molar-refractivity contribution in [3.8, 4) is 0 Å². The van der Waals surface area contributed by atoms with Crippen LogP contribution < -0.4 is 5.32 Å². The van der Waals surface area contributed by atoms with Gasteiger partial charge in [-0.25, -0.2) is 0 Å². The van der Waals surface area contributed by atoms with Gasteiger partial charge in [-0.05, 0) is 25.0 Å². The summed E-state index contributed by atoms with van der Waals surface area (Å²) in [7, 11) is 0. The average Bonchev–Trinajstić information content (AvgIpc) is 2.69. The van der Waals surface area contributed by atoms with Crippen molar-refractivity contribution in [1.82, 2.24) is 10.3 Å². The first-order valence-corrected chi connectivity index (χ1v) is 5.04. The first-order chi connectivity index (χ1) is 6.86. The average molecular weight is 189 g/mol. The highest BCUT2D eigenvalue weighted by Gasteiger charge is 2.06. The molecule has 1 N–H and O–H groups in total. The topological polar surface area (TPSA) is 37.3 Å². The number of aryl methyl sites for hydroxylation is 1. The maximum absolute atomic E-state index is 4.36. The Bertz CT molecular complexity index is 344. The molecule has 3 nitrogen and oxygen atoms in total. The Labute approximate surface area is 84.3 Å². The summed E-state index contributed by atoms with van der Waals surface area (Å²) in [5, 5.41) is 3.33. The van der Waals surface area contributed by atoms with Crippen molar-refractivity contribution < 1.29 is 0 Å². The Balaban J connectivity index is 1.94. The molecule has 14 heavy (non-hydrogen) atoms. The Morgan fingerprint density at radius 2 is 2.43 bits per heavy atom. The summed E-state index contributed by atoms with van der Waals surface area (Å²) < 4.78 is 0. The molecule has 3 heteroatoms. The van der Waals surface area contributed by atoms with Crippen molar-refractivity contribution in [1.29, 1.82) is 0 Å². The van der Waals surface area contributed by atoms with Crippen molar-refractivity contribution in [2.75, 3.05) is 6.54 Å². The lowest BCUT2D eigenvalue weighted by molar-refractivity contribution is 0.847. The van der Waals surface area contributed by atoms with Crippen LogP contribution in [0, 0.1) is 6.92 Å². The summed E-state index contributed by atoms with van der Waals surface area (Å²) in [5.41, 5.74) is 2.35. The number of nitrogens with zero attached hydrogens (tertiary/aromatic N) is 2. The van der Waals surface area contributed by atoms with Gasteiger partial charge in [-0.15, -0.1) is 0 Å². The van der Waals surface area contributed by atoms with Crippen molar-refractivity contribution in [2.45, 2.75) is 26.3 Å². The standard InChI is InChI=1S/C11H15N3/c1-9-4-2-6-12-10(9)8-14-11-5-3-7-13-11/h2,4,6H,3,5,7-8H2,1H3,(H,13,14). The number of pyridine rings is 1. The molecule has 1 aromatic heterocycles. The van der Waals surface area contributed by atoms with Gasteiger partial charge in [0, 0.05) is 19.2 Å². The molecule has 2 heterocycles. The number of rotatable bonds is 2. The first kappa shape index (κ1) is 9.19. The van der Waals surface area contributed by atoms with Crippen LogP contribution in [0.2, 0.25) is 0 Å². The van der Waals surface area contributed by atoms with E-state index in [2.05, 4.69) is 28.3 Å². The van der Waals surface area contributed by atoms with E-state index in [9.17, 15) is 0 Å². The van der Waals surface area contributed by atoms with E-state index in [1.54, 1.807) is 0 Å². The molecule has 0 aliphatic carbocycles. The van der Waals surface area contributed by atoms with Gasteiger partial charge in [0.05, 0.1) is 18.1 Å². The molecule has 0 aromatic carbocycles. The molecular weight excluding hydrogens is 174 g/mol. The van der Waals surface area contributed by atoms with E-state index in [4.69, 9.17) is 0 Å². The Morgan fingerprint density at radius 1 is 1.50 bits per heavy atom. The summed E-state index contributed by atoms with van der Waals surface area (Å²) >= 11 is 0. The van der Waals surface area contributed by atoms with Crippen molar-refractivity contribution in [3.05, 3.63) is 29.6 Å². The normalized spacial score (nSPS) is 15.4. The summed E-state index contributed by atoms with van der Waals surface area (Å²) in [6.07, 6.45) is 4.11. The van der Waals surface area contributed by atoms with Crippen LogP contribution in [-0.4, -0.2) is 17.4 Å². The van der Waals surface area contributed by atoms with E-state index >= 15 is 0 Å². The van der Waals surface area contributed by atoms with Crippen LogP contribution in [-0.2, 0) is 6.54 Å². The molecule has 0 bridgehead atoms. The van der Waals surface area contributed by atoms with Crippen molar-refractivity contribution in [2.24, 2.45) is 4.99 Å². The molecule has 2 rings (SSSR count). The third-order valence-corrected chi connectivity index (χ3v) is 2.45. The first-order valence-electron chi connectivity index (χ1n) is 5.04. The SMILES string of the molecule is Cc1cccnc1CNC1=NCCC1. The molecule has 0 unspecified atom stereocenters. The zero-order chi connectivity index (χ0) is 9.80. The van der Waals surface area contributed by atoms with E-state index in [1.807, 2.05) is 12.3 Å². The van der Waals surface area contributed by atoms with Crippen LogP contribution in [0.4, 0.5) is 0 Å². The monoisotopic (exact) mass is 189 g/mol. The molecule has 0 saturated carbocycles. The lowest BCUT2D eigenvalue weighted by Crippen LogP contribution is -2.21. The second-order valence-corrected chi connectivity index (χ2v) is 3.55. The third kappa shape index (κ3) is 2.10. The predicted octanol–water partition coefficient (Wildman–Crippen LogP) is 1.67. The third-order valence-electron chi connectivity index (χ3n) is 2.45. The Morgan fingerprint density at radius 3 is 3.14 bits per heavy atom. The maximum Gasteiger partial charge on any atom is 0.0966 e. The van der Waals surface area contributed by atoms with Gasteiger partial charge in [0.25, 0.3) is 0 Å². The minimum atomic E-state index is 0.797. The number of amidine groups is 1. The van der Waals surface area contributed by atoms with Crippen LogP contribution >= 0.6 is 0 Å². The van der Waals surface area contributed by atoms with Crippen LogP contribution in [0.15, 0.2) is 23.3 Å². The molecular formula is C11H15N3. The predicted molar refractivity (Wildman–Crippen MR) is 57.3 cm³/mol. The van der Waals surface area contributed by atoms with Crippen LogP contribution in [0.1, 0.15) is 24.1 Å². The number of aromatic nitrogens is 1. The largest absolute Gasteiger partial charge is 0.368 e. The zero-order valence-corrected chi connectivity index (χ0v) is 8.45. The van der Waals surface area contributed by atoms with E-state index < -0.39 is 0 Å². The Hall–Kier alpha value is -1.38. The summed E-state index contributed by atoms with van der Waals surface area (Å²) in [4.78, 5) is 8.68. The van der Waals surface area contributed by atoms with Crippen molar-refractivity contribution >= 4 is 5.84 Å². The molecule has 0 spiro atoms. The van der Waals surface area contributed by atoms with Gasteiger partial charge in [0.2, 0.25) is 0 Å². The van der Waals surface area contributed by atoms with Gasteiger partial charge in [0.1, 0.15) is 0 Å². The van der Waals surface area contributed by atoms with Gasteiger partial charge in [0.15, 0.2) is 0 Å². The minimum absolute atomic E-state index is 0.797. The van der Waals surface area contributed by atoms with Crippen molar-refractivity contribution in [3.63, 3.8) is 0 Å². The van der Waals surface area contributed by atoms with E-state index in [0.717, 1.165) is 31.0 Å². The van der Waals surface area contributed by atoms with Crippen LogP contribution in [0.5, 0.6) is 0 Å². The molecule has 0 fully saturated rings. The number of nitrogens with one attached hydrogen (secondary N) is 1. The van der Waals surface area contributed by atoms with Gasteiger partial charge in [-0.1, -0.05) is 6.07 Å². The summed E-state index contributed by atoms with van der Waals surface area (Å²) in [6, 6.07) is 4.05. The smallest absolute Gasteiger partial charge is 0.0966 e. The lowest BCUT2D eigenvalue weighted by Gasteiger charge is -2.06. The van der Waals surface area contributed by atoms with Gasteiger partial charge in [-0.3, -0.25) is 9.98 Å². The van der Waals surface area contributed by atoms with Gasteiger partial charge >= 0.3 is 0 Å². The Kier molecular flexibility index (Phi) is 2.77. The fourth-order valence-corrected chi connectivity index (χ4v) is 1.57. The molecule has 0 amide bonds.